The second-order valence-electron chi connectivity index (χ2n) is 4.59. The SMILES string of the molecule is COCc1cc(C(=O)N(C)CC2CCCN2)no1. The molecule has 0 radical (unpaired) electrons. The molecule has 1 aromatic rings. The third-order valence-corrected chi connectivity index (χ3v) is 3.07. The minimum Gasteiger partial charge on any atom is -0.377 e. The molecule has 2 rings (SSSR count). The molecule has 1 amide bonds. The van der Waals surface area contributed by atoms with Crippen LogP contribution in [0.5, 0.6) is 0 Å². The minimum atomic E-state index is -0.116. The van der Waals surface area contributed by atoms with E-state index in [2.05, 4.69) is 10.5 Å². The molecule has 0 spiro atoms. The molecular formula is C12H19N3O3. The van der Waals surface area contributed by atoms with Gasteiger partial charge in [-0.1, -0.05) is 5.16 Å². The highest BCUT2D eigenvalue weighted by Crippen LogP contribution is 2.10. The lowest BCUT2D eigenvalue weighted by atomic mass is 10.2. The van der Waals surface area contributed by atoms with Crippen LogP contribution in [0, 0.1) is 0 Å². The second-order valence-corrected chi connectivity index (χ2v) is 4.59. The van der Waals surface area contributed by atoms with Crippen LogP contribution in [-0.2, 0) is 11.3 Å². The molecule has 2 heterocycles. The molecule has 1 unspecified atom stereocenters. The summed E-state index contributed by atoms with van der Waals surface area (Å²) in [7, 11) is 3.36. The van der Waals surface area contributed by atoms with Gasteiger partial charge in [0.25, 0.3) is 5.91 Å². The van der Waals surface area contributed by atoms with Crippen LogP contribution in [0.4, 0.5) is 0 Å². The number of nitrogens with zero attached hydrogens (tertiary/aromatic N) is 2. The van der Waals surface area contributed by atoms with Crippen LogP contribution < -0.4 is 5.32 Å². The Kier molecular flexibility index (Phi) is 4.33. The summed E-state index contributed by atoms with van der Waals surface area (Å²) in [5, 5.41) is 7.13. The van der Waals surface area contributed by atoms with Crippen LogP contribution in [0.2, 0.25) is 0 Å². The maximum Gasteiger partial charge on any atom is 0.275 e. The van der Waals surface area contributed by atoms with Gasteiger partial charge in [0, 0.05) is 32.8 Å². The molecule has 1 N–H and O–H groups in total. The van der Waals surface area contributed by atoms with E-state index in [0.29, 0.717) is 30.6 Å². The van der Waals surface area contributed by atoms with Crippen LogP contribution in [0.15, 0.2) is 10.6 Å². The molecule has 1 fully saturated rings. The first-order valence-electron chi connectivity index (χ1n) is 6.14. The van der Waals surface area contributed by atoms with Crippen molar-refractivity contribution in [3.8, 4) is 0 Å². The Morgan fingerprint density at radius 3 is 3.22 bits per heavy atom. The van der Waals surface area contributed by atoms with Gasteiger partial charge in [-0.25, -0.2) is 0 Å². The molecule has 1 saturated heterocycles. The van der Waals surface area contributed by atoms with Crippen molar-refractivity contribution in [2.24, 2.45) is 0 Å². The van der Waals surface area contributed by atoms with Crippen molar-refractivity contribution in [1.82, 2.24) is 15.4 Å². The van der Waals surface area contributed by atoms with E-state index in [1.807, 2.05) is 0 Å². The predicted molar refractivity (Wildman–Crippen MR) is 65.2 cm³/mol. The summed E-state index contributed by atoms with van der Waals surface area (Å²) in [4.78, 5) is 13.8. The average Bonchev–Trinajstić information content (AvgIpc) is 3.00. The van der Waals surface area contributed by atoms with Crippen molar-refractivity contribution < 1.29 is 14.1 Å². The van der Waals surface area contributed by atoms with Gasteiger partial charge in [0.1, 0.15) is 6.61 Å². The van der Waals surface area contributed by atoms with Gasteiger partial charge in [0.05, 0.1) is 0 Å². The number of carbonyl (C=O) groups is 1. The number of aromatic nitrogens is 1. The lowest BCUT2D eigenvalue weighted by molar-refractivity contribution is 0.0773. The van der Waals surface area contributed by atoms with E-state index < -0.39 is 0 Å². The first kappa shape index (κ1) is 13.0. The molecule has 6 heteroatoms. The van der Waals surface area contributed by atoms with Crippen molar-refractivity contribution in [2.45, 2.75) is 25.5 Å². The van der Waals surface area contributed by atoms with Gasteiger partial charge in [-0.3, -0.25) is 4.79 Å². The number of rotatable bonds is 5. The number of methoxy groups -OCH3 is 1. The van der Waals surface area contributed by atoms with Crippen LogP contribution >= 0.6 is 0 Å². The number of carbonyl (C=O) groups excluding carboxylic acids is 1. The molecule has 100 valence electrons. The number of likely N-dealkylation sites (N-methyl/N-ethyl adjacent to an activating group) is 1. The fourth-order valence-electron chi connectivity index (χ4n) is 2.15. The second kappa shape index (κ2) is 5.97. The monoisotopic (exact) mass is 253 g/mol. The molecule has 1 aliphatic heterocycles. The van der Waals surface area contributed by atoms with Crippen LogP contribution in [-0.4, -0.2) is 49.3 Å². The topological polar surface area (TPSA) is 67.6 Å². The molecule has 0 bridgehead atoms. The highest BCUT2D eigenvalue weighted by molar-refractivity contribution is 5.92. The summed E-state index contributed by atoms with van der Waals surface area (Å²) in [6.07, 6.45) is 2.29. The molecule has 1 atom stereocenters. The van der Waals surface area contributed by atoms with Gasteiger partial charge >= 0.3 is 0 Å². The Labute approximate surface area is 106 Å². The van der Waals surface area contributed by atoms with Crippen molar-refractivity contribution in [3.05, 3.63) is 17.5 Å². The zero-order valence-electron chi connectivity index (χ0n) is 10.8. The zero-order valence-corrected chi connectivity index (χ0v) is 10.8. The van der Waals surface area contributed by atoms with Crippen molar-refractivity contribution >= 4 is 5.91 Å². The summed E-state index contributed by atoms with van der Waals surface area (Å²) in [6, 6.07) is 2.02. The van der Waals surface area contributed by atoms with Gasteiger partial charge in [0.15, 0.2) is 11.5 Å². The van der Waals surface area contributed by atoms with E-state index in [9.17, 15) is 4.79 Å². The van der Waals surface area contributed by atoms with Gasteiger partial charge < -0.3 is 19.5 Å². The molecular weight excluding hydrogens is 234 g/mol. The maximum atomic E-state index is 12.1. The largest absolute Gasteiger partial charge is 0.377 e. The standard InChI is InChI=1S/C12H19N3O3/c1-15(7-9-4-3-5-13-9)12(16)11-6-10(8-17-2)18-14-11/h6,9,13H,3-5,7-8H2,1-2H3. The van der Waals surface area contributed by atoms with E-state index >= 15 is 0 Å². The summed E-state index contributed by atoms with van der Waals surface area (Å²) >= 11 is 0. The fourth-order valence-corrected chi connectivity index (χ4v) is 2.15. The smallest absolute Gasteiger partial charge is 0.275 e. The van der Waals surface area contributed by atoms with E-state index in [0.717, 1.165) is 13.0 Å². The Bertz CT molecular complexity index is 399. The Balaban J connectivity index is 1.91. The van der Waals surface area contributed by atoms with Gasteiger partial charge in [-0.2, -0.15) is 0 Å². The predicted octanol–water partition coefficient (Wildman–Crippen LogP) is 0.645. The third kappa shape index (κ3) is 3.08. The Hall–Kier alpha value is -1.40. The summed E-state index contributed by atoms with van der Waals surface area (Å²) < 4.78 is 9.93. The van der Waals surface area contributed by atoms with Crippen LogP contribution in [0.25, 0.3) is 0 Å². The van der Waals surface area contributed by atoms with Gasteiger partial charge in [-0.05, 0) is 19.4 Å². The van der Waals surface area contributed by atoms with Gasteiger partial charge in [0.2, 0.25) is 0 Å². The van der Waals surface area contributed by atoms with Crippen molar-refractivity contribution in [3.63, 3.8) is 0 Å². The van der Waals surface area contributed by atoms with Crippen molar-refractivity contribution in [2.75, 3.05) is 27.2 Å². The maximum absolute atomic E-state index is 12.1. The van der Waals surface area contributed by atoms with E-state index in [1.165, 1.54) is 6.42 Å². The lowest BCUT2D eigenvalue weighted by Crippen LogP contribution is -2.38. The third-order valence-electron chi connectivity index (χ3n) is 3.07. The number of ether oxygens (including phenoxy) is 1. The van der Waals surface area contributed by atoms with Crippen molar-refractivity contribution in [1.29, 1.82) is 0 Å². The quantitative estimate of drug-likeness (QED) is 0.834. The number of hydrogen-bond acceptors (Lipinski definition) is 5. The van der Waals surface area contributed by atoms with E-state index in [-0.39, 0.29) is 5.91 Å². The molecule has 18 heavy (non-hydrogen) atoms. The normalized spacial score (nSPS) is 19.1. The summed E-state index contributed by atoms with van der Waals surface area (Å²) in [5.74, 6) is 0.447. The summed E-state index contributed by atoms with van der Waals surface area (Å²) in [6.45, 7) is 2.06. The molecule has 0 saturated carbocycles. The van der Waals surface area contributed by atoms with Crippen LogP contribution in [0.3, 0.4) is 0 Å². The molecule has 0 aromatic carbocycles. The van der Waals surface area contributed by atoms with Crippen LogP contribution in [0.1, 0.15) is 29.1 Å². The highest BCUT2D eigenvalue weighted by atomic mass is 16.5. The first-order chi connectivity index (χ1) is 8.70. The molecule has 1 aliphatic rings. The van der Waals surface area contributed by atoms with E-state index in [4.69, 9.17) is 9.26 Å². The number of hydrogen-bond donors (Lipinski definition) is 1. The Morgan fingerprint density at radius 1 is 1.72 bits per heavy atom. The minimum absolute atomic E-state index is 0.116. The van der Waals surface area contributed by atoms with Gasteiger partial charge in [-0.15, -0.1) is 0 Å². The fraction of sp³-hybridized carbons (Fsp3) is 0.667. The average molecular weight is 253 g/mol. The lowest BCUT2D eigenvalue weighted by Gasteiger charge is -2.20. The van der Waals surface area contributed by atoms with E-state index in [1.54, 1.807) is 25.1 Å². The first-order valence-corrected chi connectivity index (χ1v) is 6.14. The molecule has 1 aromatic heterocycles. The summed E-state index contributed by atoms with van der Waals surface area (Å²) in [5.41, 5.74) is 0.336. The Morgan fingerprint density at radius 2 is 2.56 bits per heavy atom. The zero-order chi connectivity index (χ0) is 13.0. The molecule has 0 aliphatic carbocycles. The molecule has 6 nitrogen and oxygen atoms in total. The highest BCUT2D eigenvalue weighted by Gasteiger charge is 2.21. The number of amides is 1. The number of nitrogens with one attached hydrogen (secondary N) is 1.